The van der Waals surface area contributed by atoms with Crippen LogP contribution in [-0.2, 0) is 6.54 Å². The molecule has 88 valence electrons. The molecule has 0 heterocycles. The molecule has 1 saturated carbocycles. The molecular formula is C14H21NO. The highest BCUT2D eigenvalue weighted by atomic mass is 16.3. The largest absolute Gasteiger partial charge is 0.393 e. The van der Waals surface area contributed by atoms with Crippen molar-refractivity contribution < 1.29 is 5.11 Å². The van der Waals surface area contributed by atoms with Crippen molar-refractivity contribution >= 4 is 0 Å². The second-order valence-electron chi connectivity index (χ2n) is 4.83. The van der Waals surface area contributed by atoms with E-state index in [1.165, 1.54) is 24.0 Å². The number of rotatable bonds is 6. The molecule has 1 unspecified atom stereocenters. The number of aliphatic hydroxyl groups is 1. The molecular weight excluding hydrogens is 198 g/mol. The molecule has 0 aliphatic heterocycles. The third-order valence-corrected chi connectivity index (χ3v) is 3.07. The zero-order valence-electron chi connectivity index (χ0n) is 9.95. The molecule has 1 fully saturated rings. The molecule has 1 aliphatic rings. The molecule has 2 N–H and O–H groups in total. The fourth-order valence-electron chi connectivity index (χ4n) is 1.92. The van der Waals surface area contributed by atoms with Gasteiger partial charge in [0, 0.05) is 6.54 Å². The molecule has 16 heavy (non-hydrogen) atoms. The van der Waals surface area contributed by atoms with Gasteiger partial charge in [-0.1, -0.05) is 24.3 Å². The molecule has 0 spiro atoms. The van der Waals surface area contributed by atoms with E-state index in [1.54, 1.807) is 0 Å². The molecule has 0 radical (unpaired) electrons. The maximum Gasteiger partial charge on any atom is 0.0524 e. The number of nitrogens with one attached hydrogen (secondary N) is 1. The van der Waals surface area contributed by atoms with Gasteiger partial charge in [-0.2, -0.15) is 0 Å². The normalized spacial score (nSPS) is 17.4. The SMILES string of the molecule is CC(O)CCNCc1cccc(C2CC2)c1. The molecule has 1 aromatic rings. The van der Waals surface area contributed by atoms with E-state index in [0.29, 0.717) is 0 Å². The maximum absolute atomic E-state index is 9.13. The molecule has 2 rings (SSSR count). The Hall–Kier alpha value is -0.860. The first-order valence-electron chi connectivity index (χ1n) is 6.23. The summed E-state index contributed by atoms with van der Waals surface area (Å²) in [5.41, 5.74) is 2.85. The fourth-order valence-corrected chi connectivity index (χ4v) is 1.92. The van der Waals surface area contributed by atoms with E-state index in [9.17, 15) is 0 Å². The van der Waals surface area contributed by atoms with Crippen molar-refractivity contribution in [3.8, 4) is 0 Å². The lowest BCUT2D eigenvalue weighted by Gasteiger charge is -2.07. The molecule has 1 aliphatic carbocycles. The Morgan fingerprint density at radius 1 is 1.44 bits per heavy atom. The van der Waals surface area contributed by atoms with Gasteiger partial charge in [0.1, 0.15) is 0 Å². The van der Waals surface area contributed by atoms with E-state index < -0.39 is 0 Å². The summed E-state index contributed by atoms with van der Waals surface area (Å²) in [5.74, 6) is 0.831. The Morgan fingerprint density at radius 3 is 2.94 bits per heavy atom. The minimum absolute atomic E-state index is 0.203. The number of benzene rings is 1. The molecule has 0 saturated heterocycles. The summed E-state index contributed by atoms with van der Waals surface area (Å²) >= 11 is 0. The Labute approximate surface area is 97.7 Å². The van der Waals surface area contributed by atoms with Crippen LogP contribution < -0.4 is 5.32 Å². The zero-order valence-corrected chi connectivity index (χ0v) is 9.95. The predicted octanol–water partition coefficient (Wildman–Crippen LogP) is 2.42. The van der Waals surface area contributed by atoms with Crippen molar-refractivity contribution in [2.75, 3.05) is 6.54 Å². The van der Waals surface area contributed by atoms with Gasteiger partial charge in [0.05, 0.1) is 6.10 Å². The van der Waals surface area contributed by atoms with Crippen molar-refractivity contribution in [2.24, 2.45) is 0 Å². The molecule has 2 heteroatoms. The van der Waals surface area contributed by atoms with E-state index in [2.05, 4.69) is 29.6 Å². The Bertz CT molecular complexity index is 331. The summed E-state index contributed by atoms with van der Waals surface area (Å²) in [6.07, 6.45) is 3.34. The third kappa shape index (κ3) is 3.62. The first-order valence-corrected chi connectivity index (χ1v) is 6.23. The lowest BCUT2D eigenvalue weighted by atomic mass is 10.1. The van der Waals surface area contributed by atoms with Crippen LogP contribution in [0.15, 0.2) is 24.3 Å². The van der Waals surface area contributed by atoms with E-state index in [0.717, 1.165) is 25.4 Å². The first-order chi connectivity index (χ1) is 7.75. The number of aliphatic hydroxyl groups excluding tert-OH is 1. The van der Waals surface area contributed by atoms with E-state index in [4.69, 9.17) is 5.11 Å². The third-order valence-electron chi connectivity index (χ3n) is 3.07. The highest BCUT2D eigenvalue weighted by Gasteiger charge is 2.23. The number of hydrogen-bond donors (Lipinski definition) is 2. The second-order valence-corrected chi connectivity index (χ2v) is 4.83. The monoisotopic (exact) mass is 219 g/mol. The van der Waals surface area contributed by atoms with Crippen LogP contribution in [0.5, 0.6) is 0 Å². The zero-order chi connectivity index (χ0) is 11.4. The minimum Gasteiger partial charge on any atom is -0.393 e. The van der Waals surface area contributed by atoms with Crippen LogP contribution in [0, 0.1) is 0 Å². The van der Waals surface area contributed by atoms with Crippen LogP contribution in [-0.4, -0.2) is 17.8 Å². The van der Waals surface area contributed by atoms with Crippen molar-refractivity contribution in [2.45, 2.75) is 44.8 Å². The quantitative estimate of drug-likeness (QED) is 0.720. The summed E-state index contributed by atoms with van der Waals surface area (Å²) in [7, 11) is 0. The van der Waals surface area contributed by atoms with Crippen molar-refractivity contribution in [1.29, 1.82) is 0 Å². The van der Waals surface area contributed by atoms with Gasteiger partial charge in [-0.3, -0.25) is 0 Å². The Balaban J connectivity index is 1.77. The first kappa shape index (κ1) is 11.6. The van der Waals surface area contributed by atoms with Crippen LogP contribution in [0.1, 0.15) is 43.2 Å². The smallest absolute Gasteiger partial charge is 0.0524 e. The van der Waals surface area contributed by atoms with E-state index in [-0.39, 0.29) is 6.10 Å². The Kier molecular flexibility index (Phi) is 3.97. The van der Waals surface area contributed by atoms with Crippen LogP contribution in [0.4, 0.5) is 0 Å². The topological polar surface area (TPSA) is 32.3 Å². The Morgan fingerprint density at radius 2 is 2.25 bits per heavy atom. The summed E-state index contributed by atoms with van der Waals surface area (Å²) < 4.78 is 0. The molecule has 1 aromatic carbocycles. The van der Waals surface area contributed by atoms with Gasteiger partial charge >= 0.3 is 0 Å². The average Bonchev–Trinajstić information content (AvgIpc) is 3.08. The van der Waals surface area contributed by atoms with Crippen molar-refractivity contribution in [1.82, 2.24) is 5.32 Å². The number of hydrogen-bond acceptors (Lipinski definition) is 2. The summed E-state index contributed by atoms with van der Waals surface area (Å²) in [5, 5.41) is 12.5. The highest BCUT2D eigenvalue weighted by molar-refractivity contribution is 5.29. The fraction of sp³-hybridized carbons (Fsp3) is 0.571. The van der Waals surface area contributed by atoms with Crippen molar-refractivity contribution in [3.63, 3.8) is 0 Å². The summed E-state index contributed by atoms with van der Waals surface area (Å²) in [6.45, 7) is 3.62. The van der Waals surface area contributed by atoms with Gasteiger partial charge in [-0.15, -0.1) is 0 Å². The van der Waals surface area contributed by atoms with Crippen LogP contribution in [0.2, 0.25) is 0 Å². The van der Waals surface area contributed by atoms with Gasteiger partial charge in [-0.05, 0) is 49.8 Å². The average molecular weight is 219 g/mol. The van der Waals surface area contributed by atoms with E-state index in [1.807, 2.05) is 6.92 Å². The second kappa shape index (κ2) is 5.46. The van der Waals surface area contributed by atoms with E-state index >= 15 is 0 Å². The highest BCUT2D eigenvalue weighted by Crippen LogP contribution is 2.40. The molecule has 0 bridgehead atoms. The standard InChI is InChI=1S/C14H21NO/c1-11(16)7-8-15-10-12-3-2-4-14(9-12)13-5-6-13/h2-4,9,11,13,15-16H,5-8,10H2,1H3. The van der Waals surface area contributed by atoms with Crippen LogP contribution in [0.25, 0.3) is 0 Å². The van der Waals surface area contributed by atoms with Crippen LogP contribution >= 0.6 is 0 Å². The lowest BCUT2D eigenvalue weighted by Crippen LogP contribution is -2.18. The predicted molar refractivity (Wildman–Crippen MR) is 66.4 cm³/mol. The van der Waals surface area contributed by atoms with Gasteiger partial charge in [0.15, 0.2) is 0 Å². The van der Waals surface area contributed by atoms with Gasteiger partial charge < -0.3 is 10.4 Å². The lowest BCUT2D eigenvalue weighted by molar-refractivity contribution is 0.183. The maximum atomic E-state index is 9.13. The van der Waals surface area contributed by atoms with Crippen LogP contribution in [0.3, 0.4) is 0 Å². The summed E-state index contributed by atoms with van der Waals surface area (Å²) in [6, 6.07) is 8.87. The summed E-state index contributed by atoms with van der Waals surface area (Å²) in [4.78, 5) is 0. The molecule has 2 nitrogen and oxygen atoms in total. The molecule has 1 atom stereocenters. The van der Waals surface area contributed by atoms with Gasteiger partial charge in [-0.25, -0.2) is 0 Å². The van der Waals surface area contributed by atoms with Gasteiger partial charge in [0.2, 0.25) is 0 Å². The van der Waals surface area contributed by atoms with Crippen molar-refractivity contribution in [3.05, 3.63) is 35.4 Å². The minimum atomic E-state index is -0.203. The van der Waals surface area contributed by atoms with Gasteiger partial charge in [0.25, 0.3) is 0 Å². The molecule has 0 aromatic heterocycles. The molecule has 0 amide bonds.